The maximum absolute atomic E-state index is 13.8. The van der Waals surface area contributed by atoms with E-state index in [2.05, 4.69) is 31.3 Å². The molecule has 4 amide bonds. The molecule has 1 fully saturated rings. The molecule has 1 aromatic rings. The van der Waals surface area contributed by atoms with Gasteiger partial charge in [0.05, 0.1) is 25.2 Å². The number of carbonyl (C=O) groups is 8. The van der Waals surface area contributed by atoms with Crippen molar-refractivity contribution >= 4 is 47.5 Å². The minimum Gasteiger partial charge on any atom is -0.481 e. The number of hydrogen-bond donors (Lipinski definition) is 8. The van der Waals surface area contributed by atoms with Crippen LogP contribution in [0.1, 0.15) is 107 Å². The third kappa shape index (κ3) is 28.1. The zero-order valence-electron chi connectivity index (χ0n) is 40.5. The molecule has 3 atom stereocenters. The summed E-state index contributed by atoms with van der Waals surface area (Å²) in [6.45, 7) is 1.20. The number of amides is 4. The van der Waals surface area contributed by atoms with Gasteiger partial charge in [-0.25, -0.2) is 9.18 Å². The molecule has 8 N–H and O–H groups in total. The Balaban J connectivity index is 1.84. The van der Waals surface area contributed by atoms with Crippen LogP contribution in [0.4, 0.5) is 17.6 Å². The molecule has 0 aromatic heterocycles. The van der Waals surface area contributed by atoms with Gasteiger partial charge in [-0.3, -0.25) is 48.3 Å². The smallest absolute Gasteiger partial charge is 0.419 e. The van der Waals surface area contributed by atoms with E-state index in [1.54, 1.807) is 14.7 Å². The van der Waals surface area contributed by atoms with Crippen LogP contribution in [0.5, 0.6) is 0 Å². The molecule has 1 aliphatic rings. The summed E-state index contributed by atoms with van der Waals surface area (Å²) in [6, 6.07) is 0.484. The highest BCUT2D eigenvalue weighted by molar-refractivity contribution is 5.88. The van der Waals surface area contributed by atoms with Crippen LogP contribution in [0.3, 0.4) is 0 Å². The first-order valence-corrected chi connectivity index (χ1v) is 24.2. The van der Waals surface area contributed by atoms with Gasteiger partial charge in [-0.1, -0.05) is 24.0 Å². The fraction of sp³-hybridized carbons (Fsp3) is 0.696. The van der Waals surface area contributed by atoms with Crippen molar-refractivity contribution in [2.24, 2.45) is 11.0 Å². The van der Waals surface area contributed by atoms with Gasteiger partial charge < -0.3 is 41.7 Å². The molecule has 2 rings (SSSR count). The Morgan fingerprint density at radius 2 is 1.22 bits per heavy atom. The van der Waals surface area contributed by atoms with Crippen LogP contribution in [-0.4, -0.2) is 173 Å². The Bertz CT molecular complexity index is 1950. The van der Waals surface area contributed by atoms with E-state index in [4.69, 9.17) is 5.53 Å². The van der Waals surface area contributed by atoms with Gasteiger partial charge in [0.25, 0.3) is 0 Å². The maximum Gasteiger partial charge on any atom is 0.419 e. The van der Waals surface area contributed by atoms with Crippen LogP contribution < -0.4 is 21.3 Å². The van der Waals surface area contributed by atoms with Gasteiger partial charge in [0.15, 0.2) is 0 Å². The molecule has 0 aliphatic carbocycles. The molecule has 1 unspecified atom stereocenters. The lowest BCUT2D eigenvalue weighted by atomic mass is 9.96. The summed E-state index contributed by atoms with van der Waals surface area (Å²) in [5.41, 5.74) is 7.60. The molecule has 0 saturated carbocycles. The Hall–Kier alpha value is -6.11. The summed E-state index contributed by atoms with van der Waals surface area (Å²) in [5, 5.41) is 52.4. The lowest BCUT2D eigenvalue weighted by molar-refractivity contribution is -0.142. The summed E-state index contributed by atoms with van der Waals surface area (Å²) >= 11 is 0. The molecule has 26 heteroatoms. The van der Waals surface area contributed by atoms with E-state index < -0.39 is 71.2 Å². The third-order valence-corrected chi connectivity index (χ3v) is 11.9. The standard InChI is InChI=1S/C46H70F4N10O12/c47-35-27-32(14-15-34(35)46(48,49)50)9-8-13-38(61)52-18-6-3-11-37(45(71)72)56-39(62)12-2-1-5-19-53-44(70)36(10-4-7-20-54-57-51)55-40(63)29-58-21-16-33(28-41(64)65)17-22-59(30-42(66)67)24-26-60(25-23-58)31-43(68)69/h14-15,27,33,36-37H,1-13,16-26,28-31H2,(H,52,61)(H,53,70)(H,55,63)(H,56,62)(H,64,65)(H,66,67)(H,68,69)(H,71,72)/t33?,36-,37-/m0/s1. The van der Waals surface area contributed by atoms with Crippen LogP contribution in [0.15, 0.2) is 23.3 Å². The first kappa shape index (κ1) is 62.0. The number of carboxylic acid groups (broad SMARTS) is 4. The largest absolute Gasteiger partial charge is 0.481 e. The predicted molar refractivity (Wildman–Crippen MR) is 252 cm³/mol. The van der Waals surface area contributed by atoms with Crippen LogP contribution in [0, 0.1) is 11.7 Å². The molecular formula is C46H70F4N10O12. The molecular weight excluding hydrogens is 961 g/mol. The monoisotopic (exact) mass is 1030 g/mol. The molecule has 0 bridgehead atoms. The van der Waals surface area contributed by atoms with Gasteiger partial charge in [-0.15, -0.1) is 0 Å². The third-order valence-electron chi connectivity index (χ3n) is 11.9. The van der Waals surface area contributed by atoms with Crippen molar-refractivity contribution in [1.29, 1.82) is 0 Å². The first-order chi connectivity index (χ1) is 34.2. The summed E-state index contributed by atoms with van der Waals surface area (Å²) in [5.74, 6) is -7.93. The first-order valence-electron chi connectivity index (χ1n) is 24.2. The minimum atomic E-state index is -4.80. The number of carboxylic acids is 4. The summed E-state index contributed by atoms with van der Waals surface area (Å²) < 4.78 is 52.1. The SMILES string of the molecule is [N-]=[N+]=NCCCC[C@H](NC(=O)CN1CCC(CC(=O)O)CCN(CC(=O)O)CCN(CC(=O)O)CC1)C(=O)NCCCCCC(=O)N[C@@H](CCCCNC(=O)CCCc1ccc(C(F)(F)F)c(F)c1)C(=O)O. The predicted octanol–water partition coefficient (Wildman–Crippen LogP) is 3.63. The van der Waals surface area contributed by atoms with Gasteiger partial charge in [-0.05, 0) is 113 Å². The van der Waals surface area contributed by atoms with E-state index in [-0.39, 0.29) is 135 Å². The second-order valence-electron chi connectivity index (χ2n) is 17.8. The molecule has 0 radical (unpaired) electrons. The van der Waals surface area contributed by atoms with Crippen molar-refractivity contribution in [1.82, 2.24) is 36.0 Å². The van der Waals surface area contributed by atoms with Gasteiger partial charge in [0.1, 0.15) is 17.9 Å². The fourth-order valence-corrected chi connectivity index (χ4v) is 8.00. The van der Waals surface area contributed by atoms with Crippen LogP contribution >= 0.6 is 0 Å². The minimum absolute atomic E-state index is 0.0154. The molecule has 1 saturated heterocycles. The Kier molecular flexibility index (Phi) is 29.5. The van der Waals surface area contributed by atoms with Crippen LogP contribution in [0.25, 0.3) is 10.4 Å². The number of nitrogens with one attached hydrogen (secondary N) is 4. The number of benzene rings is 1. The quantitative estimate of drug-likeness (QED) is 0.0168. The van der Waals surface area contributed by atoms with Crippen LogP contribution in [-0.2, 0) is 51.0 Å². The molecule has 1 heterocycles. The van der Waals surface area contributed by atoms with E-state index in [0.29, 0.717) is 69.4 Å². The highest BCUT2D eigenvalue weighted by atomic mass is 19.4. The number of rotatable bonds is 32. The van der Waals surface area contributed by atoms with Gasteiger partial charge in [0, 0.05) is 70.0 Å². The zero-order valence-corrected chi connectivity index (χ0v) is 40.5. The number of hydrogen-bond acceptors (Lipinski definition) is 12. The van der Waals surface area contributed by atoms with Gasteiger partial charge >= 0.3 is 30.1 Å². The number of aliphatic carboxylic acids is 4. The zero-order chi connectivity index (χ0) is 53.5. The molecule has 22 nitrogen and oxygen atoms in total. The normalized spacial score (nSPS) is 16.1. The number of alkyl halides is 3. The number of azide groups is 1. The number of nitrogens with zero attached hydrogens (tertiary/aromatic N) is 6. The summed E-state index contributed by atoms with van der Waals surface area (Å²) in [7, 11) is 0. The average Bonchev–Trinajstić information content (AvgIpc) is 3.28. The second-order valence-corrected chi connectivity index (χ2v) is 17.8. The topological polar surface area (TPSA) is 324 Å². The molecule has 404 valence electrons. The molecule has 1 aliphatic heterocycles. The number of carbonyl (C=O) groups excluding carboxylic acids is 4. The molecule has 0 spiro atoms. The fourth-order valence-electron chi connectivity index (χ4n) is 8.00. The van der Waals surface area contributed by atoms with E-state index >= 15 is 0 Å². The van der Waals surface area contributed by atoms with Gasteiger partial charge in [0.2, 0.25) is 23.6 Å². The van der Waals surface area contributed by atoms with E-state index in [1.165, 1.54) is 0 Å². The van der Waals surface area contributed by atoms with Crippen molar-refractivity contribution < 1.29 is 76.3 Å². The lowest BCUT2D eigenvalue weighted by Gasteiger charge is -2.32. The van der Waals surface area contributed by atoms with Crippen molar-refractivity contribution in [3.05, 3.63) is 45.6 Å². The van der Waals surface area contributed by atoms with E-state index in [1.807, 2.05) is 0 Å². The number of halogens is 4. The second kappa shape index (κ2) is 34.3. The Morgan fingerprint density at radius 1 is 0.667 bits per heavy atom. The van der Waals surface area contributed by atoms with E-state index in [9.17, 15) is 76.3 Å². The number of aryl methyl sites for hydroxylation is 1. The Labute approximate surface area is 415 Å². The highest BCUT2D eigenvalue weighted by Gasteiger charge is 2.34. The van der Waals surface area contributed by atoms with E-state index in [0.717, 1.165) is 12.1 Å². The number of unbranched alkanes of at least 4 members (excludes halogenated alkanes) is 4. The maximum atomic E-state index is 13.8. The Morgan fingerprint density at radius 3 is 1.81 bits per heavy atom. The van der Waals surface area contributed by atoms with Crippen molar-refractivity contribution in [2.75, 3.05) is 78.5 Å². The lowest BCUT2D eigenvalue weighted by Crippen LogP contribution is -2.51. The molecule has 1 aromatic carbocycles. The van der Waals surface area contributed by atoms with Crippen LogP contribution in [0.2, 0.25) is 0 Å². The molecule has 72 heavy (non-hydrogen) atoms. The van der Waals surface area contributed by atoms with Crippen molar-refractivity contribution in [3.8, 4) is 0 Å². The van der Waals surface area contributed by atoms with Gasteiger partial charge in [-0.2, -0.15) is 13.2 Å². The van der Waals surface area contributed by atoms with Crippen molar-refractivity contribution in [2.45, 2.75) is 121 Å². The summed E-state index contributed by atoms with van der Waals surface area (Å²) in [4.78, 5) is 106. The van der Waals surface area contributed by atoms with Crippen molar-refractivity contribution in [3.63, 3.8) is 0 Å². The highest BCUT2D eigenvalue weighted by Crippen LogP contribution is 2.31. The summed E-state index contributed by atoms with van der Waals surface area (Å²) in [6.07, 6.45) is -0.484. The average molecular weight is 1030 g/mol.